The fourth-order valence-corrected chi connectivity index (χ4v) is 4.82. The quantitative estimate of drug-likeness (QED) is 0.641. The lowest BCUT2D eigenvalue weighted by Gasteiger charge is -2.31. The Morgan fingerprint density at radius 1 is 1.26 bits per heavy atom. The number of benzene rings is 1. The highest BCUT2D eigenvalue weighted by Crippen LogP contribution is 2.27. The normalized spacial score (nSPS) is 16.3. The van der Waals surface area contributed by atoms with Crippen molar-refractivity contribution >= 4 is 15.8 Å². The van der Waals surface area contributed by atoms with Crippen molar-refractivity contribution in [3.63, 3.8) is 0 Å². The number of piperidine rings is 1. The molecule has 2 heterocycles. The Labute approximate surface area is 159 Å². The second-order valence-corrected chi connectivity index (χ2v) is 8.61. The van der Waals surface area contributed by atoms with Crippen molar-refractivity contribution in [3.05, 3.63) is 42.6 Å². The van der Waals surface area contributed by atoms with Crippen molar-refractivity contribution in [2.45, 2.75) is 37.0 Å². The number of sulfonamides is 1. The van der Waals surface area contributed by atoms with Gasteiger partial charge in [0, 0.05) is 19.5 Å². The molecule has 0 unspecified atom stereocenters. The monoisotopic (exact) mass is 392 g/mol. The molecule has 2 aromatic rings. The van der Waals surface area contributed by atoms with E-state index in [1.165, 1.54) is 12.5 Å². The maximum absolute atomic E-state index is 12.8. The zero-order chi connectivity index (χ0) is 19.3. The molecule has 7 nitrogen and oxygen atoms in total. The molecule has 1 saturated heterocycles. The summed E-state index contributed by atoms with van der Waals surface area (Å²) in [6.07, 6.45) is 6.55. The molecular weight excluding hydrogens is 368 g/mol. The highest BCUT2D eigenvalue weighted by Gasteiger charge is 2.29. The standard InChI is InChI=1S/C19H24N2O5S/c1-25-16-5-7-17(8-6-16)27(23,24)21-12-9-15(10-13-21)3-2-4-18(22)19-20-11-14-26-19/h5-8,11,14-15H,2-4,9-10,12-13H2,1H3. The Kier molecular flexibility index (Phi) is 6.28. The Morgan fingerprint density at radius 3 is 2.56 bits per heavy atom. The highest BCUT2D eigenvalue weighted by atomic mass is 32.2. The van der Waals surface area contributed by atoms with Crippen molar-refractivity contribution in [2.24, 2.45) is 5.92 Å². The summed E-state index contributed by atoms with van der Waals surface area (Å²) < 4.78 is 37.1. The van der Waals surface area contributed by atoms with Gasteiger partial charge in [0.25, 0.3) is 5.89 Å². The summed E-state index contributed by atoms with van der Waals surface area (Å²) in [7, 11) is -1.92. The third-order valence-corrected chi connectivity index (χ3v) is 6.87. The van der Waals surface area contributed by atoms with Crippen LogP contribution in [0.5, 0.6) is 5.75 Å². The fourth-order valence-electron chi connectivity index (χ4n) is 3.35. The molecule has 1 fully saturated rings. The first kappa shape index (κ1) is 19.6. The van der Waals surface area contributed by atoms with Gasteiger partial charge in [0.1, 0.15) is 12.0 Å². The molecule has 1 aliphatic heterocycles. The zero-order valence-electron chi connectivity index (χ0n) is 15.3. The summed E-state index contributed by atoms with van der Waals surface area (Å²) in [5.41, 5.74) is 0. The summed E-state index contributed by atoms with van der Waals surface area (Å²) in [6, 6.07) is 6.47. The minimum Gasteiger partial charge on any atom is -0.497 e. The first-order valence-electron chi connectivity index (χ1n) is 9.07. The van der Waals surface area contributed by atoms with Crippen LogP contribution in [-0.4, -0.2) is 43.7 Å². The molecule has 0 bridgehead atoms. The lowest BCUT2D eigenvalue weighted by molar-refractivity contribution is 0.0942. The summed E-state index contributed by atoms with van der Waals surface area (Å²) >= 11 is 0. The molecule has 1 aliphatic rings. The van der Waals surface area contributed by atoms with E-state index >= 15 is 0 Å². The van der Waals surface area contributed by atoms with Crippen LogP contribution < -0.4 is 4.74 Å². The molecular formula is C19H24N2O5S. The second kappa shape index (κ2) is 8.67. The molecule has 146 valence electrons. The van der Waals surface area contributed by atoms with Gasteiger partial charge in [-0.2, -0.15) is 4.31 Å². The number of oxazole rings is 1. The maximum atomic E-state index is 12.8. The van der Waals surface area contributed by atoms with E-state index in [9.17, 15) is 13.2 Å². The van der Waals surface area contributed by atoms with E-state index in [2.05, 4.69) is 4.98 Å². The largest absolute Gasteiger partial charge is 0.497 e. The molecule has 27 heavy (non-hydrogen) atoms. The first-order valence-corrected chi connectivity index (χ1v) is 10.5. The SMILES string of the molecule is COc1ccc(S(=O)(=O)N2CCC(CCCC(=O)c3ncco3)CC2)cc1. The van der Waals surface area contributed by atoms with E-state index in [0.29, 0.717) is 36.1 Å². The van der Waals surface area contributed by atoms with Crippen molar-refractivity contribution in [2.75, 3.05) is 20.2 Å². The number of nitrogens with zero attached hydrogens (tertiary/aromatic N) is 2. The predicted octanol–water partition coefficient (Wildman–Crippen LogP) is 3.14. The van der Waals surface area contributed by atoms with Crippen molar-refractivity contribution < 1.29 is 22.4 Å². The van der Waals surface area contributed by atoms with Gasteiger partial charge in [-0.3, -0.25) is 4.79 Å². The van der Waals surface area contributed by atoms with Crippen LogP contribution in [-0.2, 0) is 10.0 Å². The third-order valence-electron chi connectivity index (χ3n) is 4.96. The molecule has 0 saturated carbocycles. The summed E-state index contributed by atoms with van der Waals surface area (Å²) in [5, 5.41) is 0. The molecule has 0 amide bonds. The van der Waals surface area contributed by atoms with Crippen LogP contribution in [0.15, 0.2) is 46.0 Å². The lowest BCUT2D eigenvalue weighted by atomic mass is 9.92. The van der Waals surface area contributed by atoms with Crippen LogP contribution >= 0.6 is 0 Å². The number of ether oxygens (including phenoxy) is 1. The first-order chi connectivity index (χ1) is 13.0. The van der Waals surface area contributed by atoms with E-state index in [0.717, 1.165) is 25.7 Å². The molecule has 0 aliphatic carbocycles. The van der Waals surface area contributed by atoms with Gasteiger partial charge in [0.15, 0.2) is 0 Å². The van der Waals surface area contributed by atoms with Gasteiger partial charge in [-0.05, 0) is 55.9 Å². The van der Waals surface area contributed by atoms with Gasteiger partial charge in [-0.25, -0.2) is 13.4 Å². The minimum absolute atomic E-state index is 0.0838. The molecule has 1 aromatic heterocycles. The number of Topliss-reactive ketones (excluding diaryl/α,β-unsaturated/α-hetero) is 1. The molecule has 1 aromatic carbocycles. The highest BCUT2D eigenvalue weighted by molar-refractivity contribution is 7.89. The van der Waals surface area contributed by atoms with Crippen LogP contribution in [0.1, 0.15) is 42.8 Å². The number of ketones is 1. The van der Waals surface area contributed by atoms with E-state index in [1.807, 2.05) is 0 Å². The van der Waals surface area contributed by atoms with Gasteiger partial charge in [-0.15, -0.1) is 0 Å². The summed E-state index contributed by atoms with van der Waals surface area (Å²) in [5.74, 6) is 1.14. The van der Waals surface area contributed by atoms with Crippen LogP contribution in [0.2, 0.25) is 0 Å². The predicted molar refractivity (Wildman–Crippen MR) is 99.2 cm³/mol. The van der Waals surface area contributed by atoms with Gasteiger partial charge in [0.05, 0.1) is 18.2 Å². The average molecular weight is 392 g/mol. The van der Waals surface area contributed by atoms with Gasteiger partial charge in [-0.1, -0.05) is 0 Å². The van der Waals surface area contributed by atoms with E-state index in [4.69, 9.17) is 9.15 Å². The smallest absolute Gasteiger partial charge is 0.263 e. The maximum Gasteiger partial charge on any atom is 0.263 e. The fraction of sp³-hybridized carbons (Fsp3) is 0.474. The third kappa shape index (κ3) is 4.75. The average Bonchev–Trinajstić information content (AvgIpc) is 3.23. The Bertz CT molecular complexity index is 839. The summed E-state index contributed by atoms with van der Waals surface area (Å²) in [4.78, 5) is 16.0. The van der Waals surface area contributed by atoms with Gasteiger partial charge >= 0.3 is 0 Å². The van der Waals surface area contributed by atoms with Crippen molar-refractivity contribution in [3.8, 4) is 5.75 Å². The second-order valence-electron chi connectivity index (χ2n) is 6.68. The molecule has 0 atom stereocenters. The topological polar surface area (TPSA) is 89.7 Å². The van der Waals surface area contributed by atoms with Crippen LogP contribution in [0.4, 0.5) is 0 Å². The lowest BCUT2D eigenvalue weighted by Crippen LogP contribution is -2.38. The van der Waals surface area contributed by atoms with E-state index < -0.39 is 10.0 Å². The molecule has 3 rings (SSSR count). The van der Waals surface area contributed by atoms with Gasteiger partial charge in [0.2, 0.25) is 15.8 Å². The molecule has 8 heteroatoms. The Hall–Kier alpha value is -2.19. The number of hydrogen-bond acceptors (Lipinski definition) is 6. The Morgan fingerprint density at radius 2 is 1.96 bits per heavy atom. The molecule has 0 N–H and O–H groups in total. The number of carbonyl (C=O) groups excluding carboxylic acids is 1. The van der Waals surface area contributed by atoms with E-state index in [1.54, 1.807) is 35.7 Å². The van der Waals surface area contributed by atoms with Crippen LogP contribution in [0, 0.1) is 5.92 Å². The van der Waals surface area contributed by atoms with Crippen molar-refractivity contribution in [1.82, 2.24) is 9.29 Å². The van der Waals surface area contributed by atoms with Crippen molar-refractivity contribution in [1.29, 1.82) is 0 Å². The number of methoxy groups -OCH3 is 1. The summed E-state index contributed by atoms with van der Waals surface area (Å²) in [6.45, 7) is 1.01. The molecule has 0 radical (unpaired) electrons. The number of aromatic nitrogens is 1. The molecule has 0 spiro atoms. The minimum atomic E-state index is -3.47. The number of hydrogen-bond donors (Lipinski definition) is 0. The van der Waals surface area contributed by atoms with Crippen LogP contribution in [0.25, 0.3) is 0 Å². The van der Waals surface area contributed by atoms with Gasteiger partial charge < -0.3 is 9.15 Å². The van der Waals surface area contributed by atoms with Crippen LogP contribution in [0.3, 0.4) is 0 Å². The number of carbonyl (C=O) groups is 1. The number of rotatable bonds is 8. The zero-order valence-corrected chi connectivity index (χ0v) is 16.2. The Balaban J connectivity index is 1.47. The van der Waals surface area contributed by atoms with E-state index in [-0.39, 0.29) is 11.7 Å².